The molecular weight excluding hydrogens is 267 g/mol. The van der Waals surface area contributed by atoms with E-state index in [9.17, 15) is 4.39 Å². The van der Waals surface area contributed by atoms with Gasteiger partial charge in [0.1, 0.15) is 0 Å². The van der Waals surface area contributed by atoms with Gasteiger partial charge in [-0.25, -0.2) is 4.39 Å². The van der Waals surface area contributed by atoms with Gasteiger partial charge in [-0.3, -0.25) is 11.3 Å². The summed E-state index contributed by atoms with van der Waals surface area (Å²) in [6, 6.07) is 5.54. The van der Waals surface area contributed by atoms with Gasteiger partial charge in [0.05, 0.1) is 7.11 Å². The second-order valence-electron chi connectivity index (χ2n) is 6.98. The van der Waals surface area contributed by atoms with Crippen LogP contribution in [0.15, 0.2) is 18.2 Å². The lowest BCUT2D eigenvalue weighted by atomic mass is 9.93. The first-order valence-corrected chi connectivity index (χ1v) is 8.02. The fourth-order valence-electron chi connectivity index (χ4n) is 5.34. The van der Waals surface area contributed by atoms with Crippen LogP contribution in [0, 0.1) is 35.4 Å². The van der Waals surface area contributed by atoms with Gasteiger partial charge in [-0.05, 0) is 66.9 Å². The minimum absolute atomic E-state index is 0.185. The Bertz CT molecular complexity index is 534. The van der Waals surface area contributed by atoms with E-state index in [1.807, 2.05) is 12.1 Å². The molecule has 1 aromatic rings. The van der Waals surface area contributed by atoms with Crippen LogP contribution in [0.25, 0.3) is 0 Å². The van der Waals surface area contributed by atoms with Gasteiger partial charge in [-0.1, -0.05) is 12.1 Å². The van der Waals surface area contributed by atoms with Crippen LogP contribution in [-0.4, -0.2) is 13.2 Å². The molecule has 5 atom stereocenters. The molecule has 21 heavy (non-hydrogen) atoms. The van der Waals surface area contributed by atoms with Gasteiger partial charge in [0, 0.05) is 6.04 Å². The Kier molecular flexibility index (Phi) is 3.19. The molecule has 0 saturated heterocycles. The van der Waals surface area contributed by atoms with Crippen molar-refractivity contribution in [2.45, 2.75) is 31.7 Å². The number of hydrogen-bond acceptors (Lipinski definition) is 3. The van der Waals surface area contributed by atoms with Crippen molar-refractivity contribution in [3.05, 3.63) is 29.6 Å². The van der Waals surface area contributed by atoms with Crippen LogP contribution in [0.1, 0.15) is 24.8 Å². The van der Waals surface area contributed by atoms with E-state index in [1.165, 1.54) is 26.4 Å². The van der Waals surface area contributed by atoms with Crippen LogP contribution >= 0.6 is 0 Å². The molecule has 0 aromatic heterocycles. The Morgan fingerprint density at radius 2 is 2.05 bits per heavy atom. The number of nitrogens with two attached hydrogens (primary N) is 1. The third kappa shape index (κ3) is 2.00. The van der Waals surface area contributed by atoms with Crippen molar-refractivity contribution in [2.24, 2.45) is 35.4 Å². The average molecular weight is 290 g/mol. The van der Waals surface area contributed by atoms with Crippen molar-refractivity contribution in [1.29, 1.82) is 0 Å². The summed E-state index contributed by atoms with van der Waals surface area (Å²) in [5, 5.41) is 0. The van der Waals surface area contributed by atoms with Crippen LogP contribution in [0.3, 0.4) is 0 Å². The molecule has 1 aromatic carbocycles. The molecule has 0 radical (unpaired) electrons. The minimum Gasteiger partial charge on any atom is -0.494 e. The van der Waals surface area contributed by atoms with E-state index in [0.717, 1.165) is 23.7 Å². The Balaban J connectivity index is 1.51. The maximum Gasteiger partial charge on any atom is 0.168 e. The Morgan fingerprint density at radius 3 is 2.67 bits per heavy atom. The number of hydrazine groups is 1. The first-order chi connectivity index (χ1) is 10.2. The van der Waals surface area contributed by atoms with Crippen molar-refractivity contribution in [2.75, 3.05) is 7.11 Å². The lowest BCUT2D eigenvalue weighted by Gasteiger charge is -2.20. The average Bonchev–Trinajstić information content (AvgIpc) is 2.92. The highest BCUT2D eigenvalue weighted by atomic mass is 19.1. The number of fused-ring (bicyclic) bond motifs is 5. The molecule has 0 heterocycles. The van der Waals surface area contributed by atoms with Gasteiger partial charge >= 0.3 is 0 Å². The molecule has 114 valence electrons. The Labute approximate surface area is 125 Å². The van der Waals surface area contributed by atoms with Crippen molar-refractivity contribution in [3.63, 3.8) is 0 Å². The minimum atomic E-state index is -0.242. The second-order valence-corrected chi connectivity index (χ2v) is 6.98. The van der Waals surface area contributed by atoms with Gasteiger partial charge in [0.15, 0.2) is 11.6 Å². The van der Waals surface area contributed by atoms with Crippen LogP contribution < -0.4 is 16.0 Å². The third-order valence-electron chi connectivity index (χ3n) is 6.18. The van der Waals surface area contributed by atoms with Crippen molar-refractivity contribution in [3.8, 4) is 5.75 Å². The molecule has 0 amide bonds. The fourth-order valence-corrected chi connectivity index (χ4v) is 5.34. The quantitative estimate of drug-likeness (QED) is 0.647. The number of methoxy groups -OCH3 is 1. The molecule has 3 nitrogen and oxygen atoms in total. The largest absolute Gasteiger partial charge is 0.494 e. The first kappa shape index (κ1) is 13.5. The standard InChI is InChI=1S/C17H23FN2O/c1-21-13-4-2-3-11(17(13)18)8-12(20-19)16-14-9-5-6-10(7-9)15(14)16/h2-4,9-10,12,14-16,20H,5-8,19H2,1H3. The topological polar surface area (TPSA) is 47.3 Å². The third-order valence-corrected chi connectivity index (χ3v) is 6.18. The monoisotopic (exact) mass is 290 g/mol. The van der Waals surface area contributed by atoms with E-state index in [-0.39, 0.29) is 11.9 Å². The highest BCUT2D eigenvalue weighted by Gasteiger charge is 2.66. The number of ether oxygens (including phenoxy) is 1. The van der Waals surface area contributed by atoms with Gasteiger partial charge < -0.3 is 4.74 Å². The molecule has 3 aliphatic rings. The van der Waals surface area contributed by atoms with Crippen LogP contribution in [0.5, 0.6) is 5.75 Å². The molecule has 3 N–H and O–H groups in total. The summed E-state index contributed by atoms with van der Waals surface area (Å²) in [5.41, 5.74) is 3.67. The van der Waals surface area contributed by atoms with Gasteiger partial charge in [0.2, 0.25) is 0 Å². The molecule has 4 rings (SSSR count). The number of rotatable bonds is 5. The van der Waals surface area contributed by atoms with Crippen molar-refractivity contribution >= 4 is 0 Å². The van der Waals surface area contributed by atoms with E-state index in [2.05, 4.69) is 5.43 Å². The van der Waals surface area contributed by atoms with Gasteiger partial charge in [-0.15, -0.1) is 0 Å². The lowest BCUT2D eigenvalue weighted by molar-refractivity contribution is 0.356. The molecule has 2 bridgehead atoms. The van der Waals surface area contributed by atoms with E-state index in [4.69, 9.17) is 10.6 Å². The molecule has 4 heteroatoms. The normalized spacial score (nSPS) is 37.4. The number of halogens is 1. The van der Waals surface area contributed by atoms with Crippen LogP contribution in [-0.2, 0) is 6.42 Å². The summed E-state index contributed by atoms with van der Waals surface area (Å²) in [6.07, 6.45) is 4.87. The van der Waals surface area contributed by atoms with E-state index in [0.29, 0.717) is 23.7 Å². The molecule has 3 saturated carbocycles. The van der Waals surface area contributed by atoms with Crippen molar-refractivity contribution < 1.29 is 9.13 Å². The molecular formula is C17H23FN2O. The highest BCUT2D eigenvalue weighted by Crippen LogP contribution is 2.70. The van der Waals surface area contributed by atoms with E-state index in [1.54, 1.807) is 6.07 Å². The van der Waals surface area contributed by atoms with E-state index >= 15 is 0 Å². The molecule has 0 aliphatic heterocycles. The maximum atomic E-state index is 14.3. The smallest absolute Gasteiger partial charge is 0.168 e. The summed E-state index contributed by atoms with van der Waals surface area (Å²) >= 11 is 0. The SMILES string of the molecule is COc1cccc(CC(NN)C2C3C4CCC(C4)C32)c1F. The summed E-state index contributed by atoms with van der Waals surface area (Å²) in [7, 11) is 1.50. The lowest BCUT2D eigenvalue weighted by Crippen LogP contribution is -2.40. The maximum absolute atomic E-state index is 14.3. The summed E-state index contributed by atoms with van der Waals surface area (Å²) in [6.45, 7) is 0. The highest BCUT2D eigenvalue weighted by molar-refractivity contribution is 5.32. The Morgan fingerprint density at radius 1 is 1.33 bits per heavy atom. The summed E-state index contributed by atoms with van der Waals surface area (Å²) in [5.74, 6) is 10.0. The predicted molar refractivity (Wildman–Crippen MR) is 79.1 cm³/mol. The zero-order valence-electron chi connectivity index (χ0n) is 12.4. The number of nitrogens with one attached hydrogen (secondary N) is 1. The van der Waals surface area contributed by atoms with Gasteiger partial charge in [0.25, 0.3) is 0 Å². The number of hydrogen-bond donors (Lipinski definition) is 2. The molecule has 3 aliphatic carbocycles. The molecule has 5 unspecified atom stereocenters. The van der Waals surface area contributed by atoms with Gasteiger partial charge in [-0.2, -0.15) is 0 Å². The van der Waals surface area contributed by atoms with E-state index < -0.39 is 0 Å². The number of benzene rings is 1. The second kappa shape index (κ2) is 4.96. The Hall–Kier alpha value is -1.13. The zero-order valence-corrected chi connectivity index (χ0v) is 12.4. The first-order valence-electron chi connectivity index (χ1n) is 8.02. The molecule has 3 fully saturated rings. The molecule has 0 spiro atoms. The predicted octanol–water partition coefficient (Wildman–Crippen LogP) is 2.50. The van der Waals surface area contributed by atoms with Crippen LogP contribution in [0.4, 0.5) is 4.39 Å². The van der Waals surface area contributed by atoms with Crippen LogP contribution in [0.2, 0.25) is 0 Å². The van der Waals surface area contributed by atoms with Crippen molar-refractivity contribution in [1.82, 2.24) is 5.43 Å². The summed E-state index contributed by atoms with van der Waals surface area (Å²) < 4.78 is 19.4. The summed E-state index contributed by atoms with van der Waals surface area (Å²) in [4.78, 5) is 0. The fraction of sp³-hybridized carbons (Fsp3) is 0.647. The zero-order chi connectivity index (χ0) is 14.6.